The minimum absolute atomic E-state index is 0.106. The average molecular weight is 1470 g/mol. The van der Waals surface area contributed by atoms with Crippen molar-refractivity contribution in [2.24, 2.45) is 11.8 Å². The SMILES string of the molecule is CCCCCCCCCCCCCCCCCCCCCC(=O)OC[C@H](COP(=O)(O)OC[C@@H](O)COP(=O)(O)OC[C@@H](COC(=O)CCCCCCC)OC(=O)CCCCCCCCCCCCC(C)CC)OC(=O)CCCCCCCCCCCCCCCCCCCCC(C)CC. The number of hydrogen-bond acceptors (Lipinski definition) is 15. The van der Waals surface area contributed by atoms with E-state index in [-0.39, 0.29) is 25.7 Å². The third kappa shape index (κ3) is 71.7. The molecule has 0 saturated carbocycles. The monoisotopic (exact) mass is 1470 g/mol. The van der Waals surface area contributed by atoms with E-state index in [1.165, 1.54) is 238 Å². The quantitative estimate of drug-likeness (QED) is 0.0222. The van der Waals surface area contributed by atoms with Crippen molar-refractivity contribution in [2.75, 3.05) is 39.6 Å². The molecule has 17 nitrogen and oxygen atoms in total. The van der Waals surface area contributed by atoms with Crippen molar-refractivity contribution < 1.29 is 80.2 Å². The van der Waals surface area contributed by atoms with Gasteiger partial charge in [-0.15, -0.1) is 0 Å². The molecule has 0 aliphatic heterocycles. The highest BCUT2D eigenvalue weighted by Crippen LogP contribution is 2.45. The molecule has 0 rings (SSSR count). The zero-order valence-electron chi connectivity index (χ0n) is 65.5. The summed E-state index contributed by atoms with van der Waals surface area (Å²) in [5.41, 5.74) is 0. The van der Waals surface area contributed by atoms with Gasteiger partial charge in [-0.3, -0.25) is 37.3 Å². The van der Waals surface area contributed by atoms with Crippen molar-refractivity contribution in [1.82, 2.24) is 0 Å². The molecule has 594 valence electrons. The van der Waals surface area contributed by atoms with Crippen LogP contribution in [0.3, 0.4) is 0 Å². The van der Waals surface area contributed by atoms with Crippen LogP contribution in [-0.2, 0) is 65.4 Å². The lowest BCUT2D eigenvalue weighted by molar-refractivity contribution is -0.161. The predicted molar refractivity (Wildman–Crippen MR) is 409 cm³/mol. The summed E-state index contributed by atoms with van der Waals surface area (Å²) in [4.78, 5) is 72.7. The van der Waals surface area contributed by atoms with Gasteiger partial charge in [-0.05, 0) is 37.5 Å². The second-order valence-electron chi connectivity index (χ2n) is 29.6. The van der Waals surface area contributed by atoms with Crippen LogP contribution in [0.5, 0.6) is 0 Å². The van der Waals surface area contributed by atoms with Crippen LogP contribution in [-0.4, -0.2) is 96.7 Å². The number of carbonyl (C=O) groups is 4. The lowest BCUT2D eigenvalue weighted by Gasteiger charge is -2.21. The Morgan fingerprint density at radius 1 is 0.280 bits per heavy atom. The number of aliphatic hydroxyl groups is 1. The molecule has 0 amide bonds. The van der Waals surface area contributed by atoms with Crippen LogP contribution in [0.25, 0.3) is 0 Å². The first-order valence-electron chi connectivity index (χ1n) is 42.1. The molecule has 0 aliphatic rings. The van der Waals surface area contributed by atoms with Crippen LogP contribution < -0.4 is 0 Å². The minimum Gasteiger partial charge on any atom is -0.462 e. The fourth-order valence-electron chi connectivity index (χ4n) is 12.5. The van der Waals surface area contributed by atoms with Gasteiger partial charge in [-0.1, -0.05) is 375 Å². The molecule has 0 aliphatic carbocycles. The Morgan fingerprint density at radius 2 is 0.480 bits per heavy atom. The molecular weight excluding hydrogens is 1310 g/mol. The lowest BCUT2D eigenvalue weighted by Crippen LogP contribution is -2.30. The number of carbonyl (C=O) groups excluding carboxylic acids is 4. The van der Waals surface area contributed by atoms with Gasteiger partial charge in [0.05, 0.1) is 26.4 Å². The van der Waals surface area contributed by atoms with Gasteiger partial charge in [0.15, 0.2) is 12.2 Å². The molecule has 0 spiro atoms. The Hall–Kier alpha value is -1.94. The molecule has 0 radical (unpaired) electrons. The van der Waals surface area contributed by atoms with Crippen molar-refractivity contribution in [3.63, 3.8) is 0 Å². The first-order valence-corrected chi connectivity index (χ1v) is 45.1. The van der Waals surface area contributed by atoms with Gasteiger partial charge in [0.1, 0.15) is 19.3 Å². The zero-order valence-corrected chi connectivity index (χ0v) is 67.3. The molecule has 19 heteroatoms. The number of unbranched alkanes of at least 4 members (excludes halogenated alkanes) is 48. The molecule has 0 aromatic heterocycles. The van der Waals surface area contributed by atoms with E-state index in [0.29, 0.717) is 25.7 Å². The lowest BCUT2D eigenvalue weighted by atomic mass is 9.99. The van der Waals surface area contributed by atoms with E-state index in [4.69, 9.17) is 37.0 Å². The summed E-state index contributed by atoms with van der Waals surface area (Å²) in [5, 5.41) is 10.6. The van der Waals surface area contributed by atoms with E-state index in [2.05, 4.69) is 41.5 Å². The first kappa shape index (κ1) is 98.1. The van der Waals surface area contributed by atoms with Gasteiger partial charge in [0.2, 0.25) is 0 Å². The Balaban J connectivity index is 5.12. The normalized spacial score (nSPS) is 14.4. The molecule has 0 fully saturated rings. The summed E-state index contributed by atoms with van der Waals surface area (Å²) in [6.07, 6.45) is 62.9. The van der Waals surface area contributed by atoms with Crippen LogP contribution >= 0.6 is 15.6 Å². The van der Waals surface area contributed by atoms with Crippen molar-refractivity contribution in [2.45, 2.75) is 445 Å². The van der Waals surface area contributed by atoms with Crippen molar-refractivity contribution in [1.29, 1.82) is 0 Å². The maximum atomic E-state index is 13.1. The molecule has 4 unspecified atom stereocenters. The molecule has 100 heavy (non-hydrogen) atoms. The highest BCUT2D eigenvalue weighted by Gasteiger charge is 2.30. The summed E-state index contributed by atoms with van der Waals surface area (Å²) in [6, 6.07) is 0. The first-order chi connectivity index (χ1) is 48.4. The third-order valence-electron chi connectivity index (χ3n) is 19.7. The zero-order chi connectivity index (χ0) is 73.5. The van der Waals surface area contributed by atoms with Gasteiger partial charge in [0, 0.05) is 25.7 Å². The fraction of sp³-hybridized carbons (Fsp3) is 0.951. The number of ether oxygens (including phenoxy) is 4. The molecule has 0 heterocycles. The molecular formula is C81H158O17P2. The smallest absolute Gasteiger partial charge is 0.462 e. The van der Waals surface area contributed by atoms with Gasteiger partial charge in [-0.2, -0.15) is 0 Å². The second kappa shape index (κ2) is 72.6. The number of esters is 4. The fourth-order valence-corrected chi connectivity index (χ4v) is 14.1. The van der Waals surface area contributed by atoms with Crippen LogP contribution in [0.1, 0.15) is 427 Å². The predicted octanol–water partition coefficient (Wildman–Crippen LogP) is 24.3. The van der Waals surface area contributed by atoms with Crippen LogP contribution in [0, 0.1) is 11.8 Å². The van der Waals surface area contributed by atoms with Crippen molar-refractivity contribution >= 4 is 39.5 Å². The number of hydrogen-bond donors (Lipinski definition) is 3. The second-order valence-corrected chi connectivity index (χ2v) is 32.6. The maximum absolute atomic E-state index is 13.1. The maximum Gasteiger partial charge on any atom is 0.472 e. The van der Waals surface area contributed by atoms with E-state index >= 15 is 0 Å². The van der Waals surface area contributed by atoms with Crippen LogP contribution in [0.2, 0.25) is 0 Å². The standard InChI is InChI=1S/C81H158O17P2/c1-7-11-13-15-16-17-18-19-20-21-22-26-29-32-35-41-46-52-58-64-79(84)92-70-77(98-81(86)65-59-53-47-42-36-33-30-27-24-23-25-28-31-34-39-44-50-55-61-73(5)9-3)72-96-100(89,90)94-68-75(82)67-93-99(87,88)95-71-76(69-91-78(83)63-57-49-14-12-8-2)97-80(85)66-60-54-48-43-38-37-40-45-51-56-62-74(6)10-4/h73-77,82H,7-72H2,1-6H3,(H,87,88)(H,89,90)/t73?,74?,75-,76+,77+/m0/s1. The summed E-state index contributed by atoms with van der Waals surface area (Å²) >= 11 is 0. The van der Waals surface area contributed by atoms with Crippen molar-refractivity contribution in [3.05, 3.63) is 0 Å². The van der Waals surface area contributed by atoms with Crippen LogP contribution in [0.15, 0.2) is 0 Å². The van der Waals surface area contributed by atoms with Crippen molar-refractivity contribution in [3.8, 4) is 0 Å². The van der Waals surface area contributed by atoms with Gasteiger partial charge < -0.3 is 33.8 Å². The largest absolute Gasteiger partial charge is 0.472 e. The third-order valence-corrected chi connectivity index (χ3v) is 21.6. The van der Waals surface area contributed by atoms with Gasteiger partial charge >= 0.3 is 39.5 Å². The van der Waals surface area contributed by atoms with E-state index in [1.807, 2.05) is 0 Å². The molecule has 0 bridgehead atoms. The summed E-state index contributed by atoms with van der Waals surface area (Å²) in [5.74, 6) is -0.447. The van der Waals surface area contributed by atoms with E-state index in [1.54, 1.807) is 0 Å². The summed E-state index contributed by atoms with van der Waals surface area (Å²) in [6.45, 7) is 9.63. The average Bonchev–Trinajstić information content (AvgIpc) is 1.01. The van der Waals surface area contributed by atoms with Crippen LogP contribution in [0.4, 0.5) is 0 Å². The number of phosphoric ester groups is 2. The Labute approximate surface area is 613 Å². The molecule has 3 N–H and O–H groups in total. The molecule has 0 aromatic carbocycles. The summed E-state index contributed by atoms with van der Waals surface area (Å²) < 4.78 is 68.5. The summed E-state index contributed by atoms with van der Waals surface area (Å²) in [7, 11) is -9.91. The highest BCUT2D eigenvalue weighted by molar-refractivity contribution is 7.47. The topological polar surface area (TPSA) is 237 Å². The van der Waals surface area contributed by atoms with Gasteiger partial charge in [-0.25, -0.2) is 9.13 Å². The Bertz CT molecular complexity index is 1930. The van der Waals surface area contributed by atoms with E-state index in [9.17, 15) is 43.2 Å². The minimum atomic E-state index is -4.96. The highest BCUT2D eigenvalue weighted by atomic mass is 31.2. The Kier molecular flexibility index (Phi) is 71.2. The molecule has 0 saturated heterocycles. The Morgan fingerprint density at radius 3 is 0.710 bits per heavy atom. The number of aliphatic hydroxyl groups excluding tert-OH is 1. The number of phosphoric acid groups is 2. The van der Waals surface area contributed by atoms with Gasteiger partial charge in [0.25, 0.3) is 0 Å². The van der Waals surface area contributed by atoms with E-state index < -0.39 is 97.5 Å². The molecule has 7 atom stereocenters. The van der Waals surface area contributed by atoms with E-state index in [0.717, 1.165) is 108 Å². The number of rotatable bonds is 80. The molecule has 0 aromatic rings.